The maximum Gasteiger partial charge on any atom is 0.407 e. The summed E-state index contributed by atoms with van der Waals surface area (Å²) < 4.78 is 7.21. The summed E-state index contributed by atoms with van der Waals surface area (Å²) in [5, 5.41) is 10.3. The molecule has 0 saturated carbocycles. The van der Waals surface area contributed by atoms with Gasteiger partial charge in [0, 0.05) is 33.2 Å². The minimum atomic E-state index is -1.07. The number of fused-ring (bicyclic) bond motifs is 1. The number of hydrogen-bond acceptors (Lipinski definition) is 5. The number of carbonyl (C=O) groups excluding carboxylic acids is 2. The van der Waals surface area contributed by atoms with Crippen molar-refractivity contribution < 1.29 is 24.2 Å². The Bertz CT molecular complexity index is 1180. The first-order chi connectivity index (χ1) is 17.9. The average molecular weight is 528 g/mol. The predicted octanol–water partition coefficient (Wildman–Crippen LogP) is 3.31. The van der Waals surface area contributed by atoms with Gasteiger partial charge in [0.2, 0.25) is 5.91 Å². The van der Waals surface area contributed by atoms with Crippen LogP contribution in [0.3, 0.4) is 0 Å². The van der Waals surface area contributed by atoms with Crippen molar-refractivity contribution in [1.82, 2.24) is 24.3 Å². The minimum Gasteiger partial charge on any atom is -0.465 e. The van der Waals surface area contributed by atoms with Gasteiger partial charge in [0.15, 0.2) is 5.82 Å². The number of aromatic nitrogens is 2. The Balaban J connectivity index is 1.78. The summed E-state index contributed by atoms with van der Waals surface area (Å²) in [5.74, 6) is -0.431. The lowest BCUT2D eigenvalue weighted by atomic mass is 9.74. The van der Waals surface area contributed by atoms with E-state index in [1.807, 2.05) is 65.9 Å². The number of ether oxygens (including phenoxy) is 1. The maximum absolute atomic E-state index is 14.3. The second kappa shape index (κ2) is 10.9. The summed E-state index contributed by atoms with van der Waals surface area (Å²) in [6.07, 6.45) is -0.682. The van der Waals surface area contributed by atoms with Gasteiger partial charge in [-0.2, -0.15) is 0 Å². The van der Waals surface area contributed by atoms with Crippen LogP contribution in [0.25, 0.3) is 11.0 Å². The molecule has 4 rings (SSSR count). The molecule has 1 aromatic carbocycles. The number of likely N-dealkylation sites (tertiary alicyclic amines) is 1. The monoisotopic (exact) mass is 527 g/mol. The summed E-state index contributed by atoms with van der Waals surface area (Å²) in [6.45, 7) is 12.5. The molecule has 3 heterocycles. The molecule has 2 aliphatic heterocycles. The highest BCUT2D eigenvalue weighted by molar-refractivity contribution is 5.95. The lowest BCUT2D eigenvalue weighted by Crippen LogP contribution is -2.66. The number of carbonyl (C=O) groups is 3. The number of rotatable bonds is 5. The van der Waals surface area contributed by atoms with Gasteiger partial charge in [-0.15, -0.1) is 0 Å². The fourth-order valence-electron chi connectivity index (χ4n) is 6.04. The Kier molecular flexibility index (Phi) is 8.01. The number of hydrogen-bond donors (Lipinski definition) is 1. The van der Waals surface area contributed by atoms with Crippen molar-refractivity contribution in [2.75, 3.05) is 39.4 Å². The number of nitrogens with zero attached hydrogens (tertiary/aromatic N) is 5. The third kappa shape index (κ3) is 5.50. The number of aryl methyl sites for hydroxylation is 1. The number of para-hydroxylation sites is 2. The van der Waals surface area contributed by atoms with E-state index in [1.54, 1.807) is 14.4 Å². The zero-order valence-corrected chi connectivity index (χ0v) is 23.4. The van der Waals surface area contributed by atoms with E-state index in [-0.39, 0.29) is 24.3 Å². The zero-order chi connectivity index (χ0) is 27.8. The first kappa shape index (κ1) is 27.9. The molecule has 3 atom stereocenters. The van der Waals surface area contributed by atoms with Crippen molar-refractivity contribution in [2.45, 2.75) is 53.1 Å². The van der Waals surface area contributed by atoms with Gasteiger partial charge < -0.3 is 29.1 Å². The van der Waals surface area contributed by atoms with Crippen LogP contribution in [0, 0.1) is 17.3 Å². The van der Waals surface area contributed by atoms with Gasteiger partial charge in [-0.25, -0.2) is 9.78 Å². The number of morpholine rings is 1. The maximum atomic E-state index is 14.3. The summed E-state index contributed by atoms with van der Waals surface area (Å²) in [5.41, 5.74) is 1.10. The third-order valence-electron chi connectivity index (χ3n) is 7.65. The van der Waals surface area contributed by atoms with Gasteiger partial charge in [-0.3, -0.25) is 9.59 Å². The van der Waals surface area contributed by atoms with Gasteiger partial charge >= 0.3 is 6.09 Å². The molecule has 10 nitrogen and oxygen atoms in total. The van der Waals surface area contributed by atoms with Gasteiger partial charge in [0.05, 0.1) is 42.2 Å². The highest BCUT2D eigenvalue weighted by Gasteiger charge is 2.50. The molecule has 0 spiro atoms. The van der Waals surface area contributed by atoms with Gasteiger partial charge in [0.1, 0.15) is 0 Å². The molecule has 208 valence electrons. The van der Waals surface area contributed by atoms with Crippen LogP contribution in [0.1, 0.15) is 51.7 Å². The number of imidazole rings is 1. The van der Waals surface area contributed by atoms with Crippen molar-refractivity contribution in [3.05, 3.63) is 30.1 Å². The molecule has 2 aliphatic rings. The van der Waals surface area contributed by atoms with Gasteiger partial charge in [-0.05, 0) is 29.9 Å². The van der Waals surface area contributed by atoms with Gasteiger partial charge in [0.25, 0.3) is 5.91 Å². The van der Waals surface area contributed by atoms with E-state index in [2.05, 4.69) is 4.98 Å². The van der Waals surface area contributed by atoms with E-state index in [9.17, 15) is 19.5 Å². The van der Waals surface area contributed by atoms with Crippen LogP contribution in [0.2, 0.25) is 0 Å². The number of benzene rings is 1. The standard InChI is InChI=1S/C28H41N5O5/c1-18(2)16-32(26(35)24-29-20-9-7-8-10-21(20)30(24)6)22-15-19(25(34)31-11-13-38-14-12-31)17-33(27(36)37)23(22)28(3,4)5/h7-10,18-19,22-23H,11-17H2,1-6H3,(H,36,37)/t19-,22+,23?/m1/s1. The van der Waals surface area contributed by atoms with Crippen LogP contribution in [0.15, 0.2) is 24.3 Å². The summed E-state index contributed by atoms with van der Waals surface area (Å²) in [6, 6.07) is 6.61. The van der Waals surface area contributed by atoms with Crippen LogP contribution >= 0.6 is 0 Å². The predicted molar refractivity (Wildman–Crippen MR) is 144 cm³/mol. The normalized spacial score (nSPS) is 22.7. The van der Waals surface area contributed by atoms with Crippen LogP contribution in [-0.4, -0.2) is 98.7 Å². The van der Waals surface area contributed by atoms with E-state index in [1.165, 1.54) is 4.90 Å². The Labute approximate surface area is 224 Å². The smallest absolute Gasteiger partial charge is 0.407 e. The molecular weight excluding hydrogens is 486 g/mol. The largest absolute Gasteiger partial charge is 0.465 e. The van der Waals surface area contributed by atoms with Crippen molar-refractivity contribution in [2.24, 2.45) is 24.3 Å². The van der Waals surface area contributed by atoms with Gasteiger partial charge in [-0.1, -0.05) is 46.8 Å². The first-order valence-corrected chi connectivity index (χ1v) is 13.5. The third-order valence-corrected chi connectivity index (χ3v) is 7.65. The van der Waals surface area contributed by atoms with Crippen LogP contribution in [-0.2, 0) is 16.6 Å². The van der Waals surface area contributed by atoms with E-state index in [0.29, 0.717) is 45.1 Å². The SMILES string of the molecule is CC(C)CN(C(=O)c1nc2ccccc2n1C)[C@H]1C[C@@H](C(=O)N2CCOCC2)CN(C(=O)O)C1C(C)(C)C. The average Bonchev–Trinajstić information content (AvgIpc) is 3.22. The second-order valence-electron chi connectivity index (χ2n) is 12.0. The van der Waals surface area contributed by atoms with Crippen LogP contribution in [0.4, 0.5) is 4.79 Å². The molecule has 3 amide bonds. The molecular formula is C28H41N5O5. The van der Waals surface area contributed by atoms with E-state index >= 15 is 0 Å². The second-order valence-corrected chi connectivity index (χ2v) is 12.0. The van der Waals surface area contributed by atoms with Crippen molar-refractivity contribution in [1.29, 1.82) is 0 Å². The van der Waals surface area contributed by atoms with Crippen molar-refractivity contribution in [3.63, 3.8) is 0 Å². The Hall–Kier alpha value is -3.14. The summed E-state index contributed by atoms with van der Waals surface area (Å²) in [7, 11) is 1.83. The molecule has 0 bridgehead atoms. The number of carboxylic acid groups (broad SMARTS) is 1. The Morgan fingerprint density at radius 3 is 2.39 bits per heavy atom. The molecule has 2 aromatic rings. The molecule has 2 saturated heterocycles. The van der Waals surface area contributed by atoms with Crippen molar-refractivity contribution >= 4 is 28.9 Å². The number of amides is 3. The Morgan fingerprint density at radius 1 is 1.16 bits per heavy atom. The van der Waals surface area contributed by atoms with E-state index in [4.69, 9.17) is 4.74 Å². The highest BCUT2D eigenvalue weighted by atomic mass is 16.5. The highest BCUT2D eigenvalue weighted by Crippen LogP contribution is 2.38. The molecule has 1 aromatic heterocycles. The lowest BCUT2D eigenvalue weighted by Gasteiger charge is -2.52. The molecule has 10 heteroatoms. The minimum absolute atomic E-state index is 0.0726. The lowest BCUT2D eigenvalue weighted by molar-refractivity contribution is -0.144. The number of piperidine rings is 1. The molecule has 0 radical (unpaired) electrons. The first-order valence-electron chi connectivity index (χ1n) is 13.5. The van der Waals surface area contributed by atoms with Crippen LogP contribution < -0.4 is 0 Å². The van der Waals surface area contributed by atoms with Crippen molar-refractivity contribution in [3.8, 4) is 0 Å². The molecule has 38 heavy (non-hydrogen) atoms. The molecule has 1 unspecified atom stereocenters. The Morgan fingerprint density at radius 2 is 1.82 bits per heavy atom. The van der Waals surface area contributed by atoms with E-state index < -0.39 is 29.5 Å². The fourth-order valence-corrected chi connectivity index (χ4v) is 6.04. The summed E-state index contributed by atoms with van der Waals surface area (Å²) >= 11 is 0. The van der Waals surface area contributed by atoms with Crippen LogP contribution in [0.5, 0.6) is 0 Å². The molecule has 1 N–H and O–H groups in total. The summed E-state index contributed by atoms with van der Waals surface area (Å²) in [4.78, 5) is 50.1. The topological polar surface area (TPSA) is 108 Å². The quantitative estimate of drug-likeness (QED) is 0.639. The molecule has 2 fully saturated rings. The zero-order valence-electron chi connectivity index (χ0n) is 23.4. The fraction of sp³-hybridized carbons (Fsp3) is 0.643. The molecule has 0 aliphatic carbocycles. The van der Waals surface area contributed by atoms with E-state index in [0.717, 1.165) is 11.0 Å².